The third kappa shape index (κ3) is 2.14. The Balaban J connectivity index is 2.43. The molecular formula is C15H14O. The fourth-order valence-electron chi connectivity index (χ4n) is 1.64. The Kier molecular flexibility index (Phi) is 3.06. The molecule has 0 fully saturated rings. The van der Waals surface area contributed by atoms with E-state index in [2.05, 4.69) is 0 Å². The van der Waals surface area contributed by atoms with Crippen LogP contribution in [0.1, 0.15) is 18.1 Å². The van der Waals surface area contributed by atoms with Crippen LogP contribution in [0.2, 0.25) is 0 Å². The Morgan fingerprint density at radius 3 is 1.69 bits per heavy atom. The molecule has 1 heteroatoms. The minimum absolute atomic E-state index is 0.340. The van der Waals surface area contributed by atoms with Gasteiger partial charge in [0.1, 0.15) is 5.76 Å². The summed E-state index contributed by atoms with van der Waals surface area (Å²) in [6.07, 6.45) is 0. The van der Waals surface area contributed by atoms with Crippen molar-refractivity contribution in [3.05, 3.63) is 71.8 Å². The van der Waals surface area contributed by atoms with Crippen LogP contribution in [0.5, 0.6) is 0 Å². The van der Waals surface area contributed by atoms with Crippen LogP contribution in [0.15, 0.2) is 60.7 Å². The van der Waals surface area contributed by atoms with Gasteiger partial charge in [-0.2, -0.15) is 0 Å². The van der Waals surface area contributed by atoms with Gasteiger partial charge in [-0.15, -0.1) is 0 Å². The van der Waals surface area contributed by atoms with E-state index in [9.17, 15) is 5.11 Å². The average molecular weight is 210 g/mol. The smallest absolute Gasteiger partial charge is 0.126 e. The normalized spacial score (nSPS) is 12.1. The Morgan fingerprint density at radius 2 is 1.19 bits per heavy atom. The van der Waals surface area contributed by atoms with E-state index in [1.54, 1.807) is 0 Å². The first-order chi connectivity index (χ1) is 7.79. The predicted molar refractivity (Wildman–Crippen MR) is 68.0 cm³/mol. The number of hydrogen-bond donors (Lipinski definition) is 1. The van der Waals surface area contributed by atoms with Crippen molar-refractivity contribution >= 4 is 11.3 Å². The summed E-state index contributed by atoms with van der Waals surface area (Å²) in [7, 11) is 0. The van der Waals surface area contributed by atoms with Gasteiger partial charge in [0.05, 0.1) is 0 Å². The van der Waals surface area contributed by atoms with Gasteiger partial charge in [-0.1, -0.05) is 60.7 Å². The summed E-state index contributed by atoms with van der Waals surface area (Å²) < 4.78 is 0. The summed E-state index contributed by atoms with van der Waals surface area (Å²) >= 11 is 0. The molecule has 0 unspecified atom stereocenters. The molecule has 0 amide bonds. The first-order valence-electron chi connectivity index (χ1n) is 5.29. The maximum absolute atomic E-state index is 10.1. The van der Waals surface area contributed by atoms with Gasteiger partial charge in [0.25, 0.3) is 0 Å². The number of rotatable bonds is 2. The maximum Gasteiger partial charge on any atom is 0.126 e. The highest BCUT2D eigenvalue weighted by molar-refractivity contribution is 5.85. The number of hydrogen-bond acceptors (Lipinski definition) is 1. The second kappa shape index (κ2) is 4.67. The fourth-order valence-corrected chi connectivity index (χ4v) is 1.64. The maximum atomic E-state index is 10.1. The molecule has 0 atom stereocenters. The lowest BCUT2D eigenvalue weighted by Gasteiger charge is -2.06. The van der Waals surface area contributed by atoms with Crippen LogP contribution in [0.3, 0.4) is 0 Å². The van der Waals surface area contributed by atoms with E-state index in [1.165, 1.54) is 0 Å². The quantitative estimate of drug-likeness (QED) is 0.583. The monoisotopic (exact) mass is 210 g/mol. The predicted octanol–water partition coefficient (Wildman–Crippen LogP) is 4.13. The van der Waals surface area contributed by atoms with Crippen LogP contribution >= 0.6 is 0 Å². The number of allylic oxidation sites excluding steroid dienone is 1. The summed E-state index contributed by atoms with van der Waals surface area (Å²) in [4.78, 5) is 0. The Hall–Kier alpha value is -2.02. The number of aliphatic hydroxyl groups is 1. The molecule has 0 radical (unpaired) electrons. The molecule has 2 aromatic carbocycles. The standard InChI is InChI=1S/C15H14O/c1-12(13-8-4-2-5-9-13)15(16)14-10-6-3-7-11-14/h2-11,16H,1H3/b15-12+. The zero-order valence-corrected chi connectivity index (χ0v) is 9.22. The molecule has 0 aliphatic heterocycles. The zero-order chi connectivity index (χ0) is 11.4. The minimum atomic E-state index is 0.340. The summed E-state index contributed by atoms with van der Waals surface area (Å²) in [6, 6.07) is 19.5. The van der Waals surface area contributed by atoms with Crippen LogP contribution in [0.4, 0.5) is 0 Å². The van der Waals surface area contributed by atoms with Crippen LogP contribution in [0, 0.1) is 0 Å². The van der Waals surface area contributed by atoms with Gasteiger partial charge in [-0.05, 0) is 18.1 Å². The van der Waals surface area contributed by atoms with Crippen LogP contribution in [-0.4, -0.2) is 5.11 Å². The zero-order valence-electron chi connectivity index (χ0n) is 9.22. The molecule has 0 spiro atoms. The van der Waals surface area contributed by atoms with Crippen LogP contribution in [0.25, 0.3) is 11.3 Å². The number of aliphatic hydroxyl groups excluding tert-OH is 1. The lowest BCUT2D eigenvalue weighted by Crippen LogP contribution is -1.88. The highest BCUT2D eigenvalue weighted by Gasteiger charge is 2.04. The first-order valence-corrected chi connectivity index (χ1v) is 5.29. The summed E-state index contributed by atoms with van der Waals surface area (Å²) in [5.74, 6) is 0.340. The van der Waals surface area contributed by atoms with Crippen molar-refractivity contribution in [1.82, 2.24) is 0 Å². The highest BCUT2D eigenvalue weighted by Crippen LogP contribution is 2.23. The minimum Gasteiger partial charge on any atom is -0.507 e. The first kappa shape index (κ1) is 10.5. The SMILES string of the molecule is C/C(=C(\O)c1ccccc1)c1ccccc1. The van der Waals surface area contributed by atoms with E-state index in [0.717, 1.165) is 16.7 Å². The van der Waals surface area contributed by atoms with Crippen molar-refractivity contribution in [3.8, 4) is 0 Å². The second-order valence-electron chi connectivity index (χ2n) is 3.71. The Morgan fingerprint density at radius 1 is 0.750 bits per heavy atom. The topological polar surface area (TPSA) is 20.2 Å². The van der Waals surface area contributed by atoms with E-state index < -0.39 is 0 Å². The third-order valence-electron chi connectivity index (χ3n) is 2.61. The van der Waals surface area contributed by atoms with E-state index in [-0.39, 0.29) is 0 Å². The average Bonchev–Trinajstić information content (AvgIpc) is 2.39. The van der Waals surface area contributed by atoms with Gasteiger partial charge in [-0.25, -0.2) is 0 Å². The molecule has 2 aromatic rings. The van der Waals surface area contributed by atoms with Gasteiger partial charge in [0.15, 0.2) is 0 Å². The third-order valence-corrected chi connectivity index (χ3v) is 2.61. The molecule has 16 heavy (non-hydrogen) atoms. The van der Waals surface area contributed by atoms with Gasteiger partial charge in [0.2, 0.25) is 0 Å². The molecule has 0 saturated heterocycles. The summed E-state index contributed by atoms with van der Waals surface area (Å²) in [5.41, 5.74) is 2.79. The molecule has 1 nitrogen and oxygen atoms in total. The van der Waals surface area contributed by atoms with Gasteiger partial charge < -0.3 is 5.11 Å². The van der Waals surface area contributed by atoms with E-state index in [1.807, 2.05) is 67.6 Å². The molecule has 80 valence electrons. The van der Waals surface area contributed by atoms with Crippen molar-refractivity contribution in [2.75, 3.05) is 0 Å². The molecule has 0 aliphatic rings. The van der Waals surface area contributed by atoms with Crippen molar-refractivity contribution in [3.63, 3.8) is 0 Å². The van der Waals surface area contributed by atoms with E-state index in [4.69, 9.17) is 0 Å². The van der Waals surface area contributed by atoms with Crippen molar-refractivity contribution < 1.29 is 5.11 Å². The van der Waals surface area contributed by atoms with Gasteiger partial charge in [0, 0.05) is 5.56 Å². The number of benzene rings is 2. The second-order valence-corrected chi connectivity index (χ2v) is 3.71. The largest absolute Gasteiger partial charge is 0.507 e. The molecular weight excluding hydrogens is 196 g/mol. The molecule has 0 saturated carbocycles. The van der Waals surface area contributed by atoms with Crippen LogP contribution < -0.4 is 0 Å². The van der Waals surface area contributed by atoms with Crippen molar-refractivity contribution in [1.29, 1.82) is 0 Å². The van der Waals surface area contributed by atoms with E-state index in [0.29, 0.717) is 5.76 Å². The molecule has 2 rings (SSSR count). The molecule has 1 N–H and O–H groups in total. The molecule has 0 heterocycles. The molecule has 0 aromatic heterocycles. The fraction of sp³-hybridized carbons (Fsp3) is 0.0667. The lowest BCUT2D eigenvalue weighted by atomic mass is 10.0. The Labute approximate surface area is 95.7 Å². The molecule has 0 bridgehead atoms. The molecule has 0 aliphatic carbocycles. The van der Waals surface area contributed by atoms with Gasteiger partial charge >= 0.3 is 0 Å². The van der Waals surface area contributed by atoms with Crippen molar-refractivity contribution in [2.45, 2.75) is 6.92 Å². The Bertz CT molecular complexity index is 436. The lowest BCUT2D eigenvalue weighted by molar-refractivity contribution is 0.513. The van der Waals surface area contributed by atoms with Crippen LogP contribution in [-0.2, 0) is 0 Å². The van der Waals surface area contributed by atoms with Crippen molar-refractivity contribution in [2.24, 2.45) is 0 Å². The highest BCUT2D eigenvalue weighted by atomic mass is 16.3. The van der Waals surface area contributed by atoms with E-state index >= 15 is 0 Å². The summed E-state index contributed by atoms with van der Waals surface area (Å²) in [5, 5.41) is 10.1. The van der Waals surface area contributed by atoms with Gasteiger partial charge in [-0.3, -0.25) is 0 Å². The summed E-state index contributed by atoms with van der Waals surface area (Å²) in [6.45, 7) is 1.93.